The lowest BCUT2D eigenvalue weighted by atomic mass is 10.0. The Bertz CT molecular complexity index is 1060. The topological polar surface area (TPSA) is 88.6 Å². The zero-order chi connectivity index (χ0) is 24.3. The Morgan fingerprint density at radius 1 is 1.00 bits per heavy atom. The summed E-state index contributed by atoms with van der Waals surface area (Å²) in [7, 11) is 0. The number of ether oxygens (including phenoxy) is 1. The standard InChI is InChI=1S/C26H29N3O4S/c1-19(2)17-29(26(32)33-18-21-11-7-4-8-12-21)25(31)28-22(23(30)24-27-15-16-34-24)14-13-20-9-5-3-6-10-20/h3-12,15-16,19,22H,13-14,17-18H2,1-2H3,(H,28,31)/t22-/m0/s1. The zero-order valence-electron chi connectivity index (χ0n) is 19.3. The first-order chi connectivity index (χ1) is 16.4. The predicted molar refractivity (Wildman–Crippen MR) is 132 cm³/mol. The van der Waals surface area contributed by atoms with E-state index in [0.717, 1.165) is 16.0 Å². The third-order valence-electron chi connectivity index (χ3n) is 5.04. The van der Waals surface area contributed by atoms with Crippen LogP contribution < -0.4 is 5.32 Å². The van der Waals surface area contributed by atoms with Gasteiger partial charge in [-0.1, -0.05) is 74.5 Å². The van der Waals surface area contributed by atoms with E-state index >= 15 is 0 Å². The van der Waals surface area contributed by atoms with E-state index in [2.05, 4.69) is 10.3 Å². The summed E-state index contributed by atoms with van der Waals surface area (Å²) in [5.74, 6) is -0.256. The Labute approximate surface area is 203 Å². The van der Waals surface area contributed by atoms with Gasteiger partial charge < -0.3 is 10.1 Å². The van der Waals surface area contributed by atoms with Crippen LogP contribution in [0.5, 0.6) is 0 Å². The number of amides is 3. The number of thiazole rings is 1. The molecule has 0 spiro atoms. The average molecular weight is 480 g/mol. The molecule has 1 atom stereocenters. The van der Waals surface area contributed by atoms with Crippen molar-refractivity contribution in [2.45, 2.75) is 39.3 Å². The van der Waals surface area contributed by atoms with E-state index in [9.17, 15) is 14.4 Å². The molecule has 1 heterocycles. The van der Waals surface area contributed by atoms with Crippen LogP contribution in [0.2, 0.25) is 0 Å². The highest BCUT2D eigenvalue weighted by atomic mass is 32.1. The number of carbonyl (C=O) groups is 3. The van der Waals surface area contributed by atoms with Gasteiger partial charge >= 0.3 is 12.1 Å². The summed E-state index contributed by atoms with van der Waals surface area (Å²) in [6.07, 6.45) is 1.77. The molecule has 0 aliphatic heterocycles. The molecular weight excluding hydrogens is 450 g/mol. The molecule has 3 aromatic rings. The smallest absolute Gasteiger partial charge is 0.418 e. The van der Waals surface area contributed by atoms with Gasteiger partial charge in [-0.25, -0.2) is 19.5 Å². The van der Waals surface area contributed by atoms with Gasteiger partial charge in [0, 0.05) is 18.1 Å². The summed E-state index contributed by atoms with van der Waals surface area (Å²) < 4.78 is 5.39. The Morgan fingerprint density at radius 2 is 1.65 bits per heavy atom. The second kappa shape index (κ2) is 12.6. The lowest BCUT2D eigenvalue weighted by molar-refractivity contribution is 0.0897. The number of nitrogens with one attached hydrogen (secondary N) is 1. The summed E-state index contributed by atoms with van der Waals surface area (Å²) in [4.78, 5) is 44.2. The molecule has 0 fully saturated rings. The minimum absolute atomic E-state index is 0.0208. The fourth-order valence-corrected chi connectivity index (χ4v) is 3.98. The number of hydrogen-bond donors (Lipinski definition) is 1. The molecule has 0 bridgehead atoms. The van der Waals surface area contributed by atoms with Gasteiger partial charge in [-0.3, -0.25) is 4.79 Å². The van der Waals surface area contributed by atoms with Crippen molar-refractivity contribution in [3.05, 3.63) is 88.4 Å². The fraction of sp³-hybridized carbons (Fsp3) is 0.308. The van der Waals surface area contributed by atoms with Crippen LogP contribution in [-0.2, 0) is 17.8 Å². The number of benzene rings is 2. The monoisotopic (exact) mass is 479 g/mol. The number of hydrogen-bond acceptors (Lipinski definition) is 6. The van der Waals surface area contributed by atoms with Crippen molar-refractivity contribution in [1.82, 2.24) is 15.2 Å². The van der Waals surface area contributed by atoms with Crippen molar-refractivity contribution >= 4 is 29.2 Å². The van der Waals surface area contributed by atoms with Gasteiger partial charge in [0.25, 0.3) is 0 Å². The maximum Gasteiger partial charge on any atom is 0.418 e. The molecule has 34 heavy (non-hydrogen) atoms. The minimum Gasteiger partial charge on any atom is -0.444 e. The quantitative estimate of drug-likeness (QED) is 0.397. The second-order valence-corrected chi connectivity index (χ2v) is 9.17. The number of Topliss-reactive ketones (excluding diaryl/α,β-unsaturated/α-hetero) is 1. The lowest BCUT2D eigenvalue weighted by Crippen LogP contribution is -2.51. The van der Waals surface area contributed by atoms with Crippen molar-refractivity contribution in [2.24, 2.45) is 5.92 Å². The minimum atomic E-state index is -0.824. The summed E-state index contributed by atoms with van der Waals surface area (Å²) in [5, 5.41) is 4.80. The molecule has 0 aliphatic rings. The summed E-state index contributed by atoms with van der Waals surface area (Å²) >= 11 is 1.22. The number of aromatic nitrogens is 1. The van der Waals surface area contributed by atoms with Gasteiger partial charge in [-0.2, -0.15) is 0 Å². The normalized spacial score (nSPS) is 11.6. The Morgan fingerprint density at radius 3 is 2.24 bits per heavy atom. The van der Waals surface area contributed by atoms with E-state index in [1.807, 2.05) is 74.5 Å². The van der Waals surface area contributed by atoms with E-state index in [0.29, 0.717) is 17.8 Å². The predicted octanol–water partition coefficient (Wildman–Crippen LogP) is 5.33. The van der Waals surface area contributed by atoms with E-state index < -0.39 is 18.2 Å². The van der Waals surface area contributed by atoms with Crippen LogP contribution in [-0.4, -0.2) is 40.4 Å². The Hall–Kier alpha value is -3.52. The number of nitrogens with zero attached hydrogens (tertiary/aromatic N) is 2. The van der Waals surface area contributed by atoms with Gasteiger partial charge in [0.05, 0.1) is 6.04 Å². The molecule has 0 saturated heterocycles. The SMILES string of the molecule is CC(C)CN(C(=O)N[C@@H](CCc1ccccc1)C(=O)c1nccs1)C(=O)OCc1ccccc1. The number of urea groups is 1. The highest BCUT2D eigenvalue weighted by Crippen LogP contribution is 2.14. The molecule has 0 unspecified atom stereocenters. The van der Waals surface area contributed by atoms with Gasteiger partial charge in [-0.05, 0) is 29.9 Å². The lowest BCUT2D eigenvalue weighted by Gasteiger charge is -2.25. The highest BCUT2D eigenvalue weighted by molar-refractivity contribution is 7.11. The van der Waals surface area contributed by atoms with E-state index in [1.165, 1.54) is 11.3 Å². The first-order valence-corrected chi connectivity index (χ1v) is 12.1. The molecule has 7 nitrogen and oxygen atoms in total. The second-order valence-electron chi connectivity index (χ2n) is 8.27. The molecule has 0 aliphatic carbocycles. The molecule has 178 valence electrons. The maximum absolute atomic E-state index is 13.2. The molecule has 3 rings (SSSR count). The largest absolute Gasteiger partial charge is 0.444 e. The molecule has 3 amide bonds. The van der Waals surface area contributed by atoms with Crippen LogP contribution in [0.25, 0.3) is 0 Å². The Kier molecular flexibility index (Phi) is 9.34. The van der Waals surface area contributed by atoms with Gasteiger partial charge in [0.2, 0.25) is 5.78 Å². The maximum atomic E-state index is 13.2. The van der Waals surface area contributed by atoms with E-state index in [1.54, 1.807) is 11.6 Å². The third kappa shape index (κ3) is 7.52. The zero-order valence-corrected chi connectivity index (χ0v) is 20.2. The molecule has 1 N–H and O–H groups in total. The average Bonchev–Trinajstić information content (AvgIpc) is 3.39. The summed E-state index contributed by atoms with van der Waals surface area (Å²) in [6, 6.07) is 17.5. The van der Waals surface area contributed by atoms with E-state index in [-0.39, 0.29) is 24.9 Å². The third-order valence-corrected chi connectivity index (χ3v) is 5.83. The molecule has 1 aromatic heterocycles. The number of aryl methyl sites for hydroxylation is 1. The van der Waals surface area contributed by atoms with Crippen LogP contribution in [0.1, 0.15) is 41.2 Å². The van der Waals surface area contributed by atoms with Gasteiger partial charge in [-0.15, -0.1) is 11.3 Å². The van der Waals surface area contributed by atoms with Crippen molar-refractivity contribution in [3.63, 3.8) is 0 Å². The van der Waals surface area contributed by atoms with Crippen molar-refractivity contribution in [1.29, 1.82) is 0 Å². The van der Waals surface area contributed by atoms with Crippen LogP contribution >= 0.6 is 11.3 Å². The first-order valence-electron chi connectivity index (χ1n) is 11.2. The number of carbonyl (C=O) groups excluding carboxylic acids is 3. The summed E-state index contributed by atoms with van der Waals surface area (Å²) in [6.45, 7) is 4.02. The highest BCUT2D eigenvalue weighted by Gasteiger charge is 2.30. The molecule has 8 heteroatoms. The van der Waals surface area contributed by atoms with Gasteiger partial charge in [0.1, 0.15) is 6.61 Å². The van der Waals surface area contributed by atoms with E-state index in [4.69, 9.17) is 4.74 Å². The first kappa shape index (κ1) is 25.1. The number of imide groups is 1. The molecular formula is C26H29N3O4S. The fourth-order valence-electron chi connectivity index (χ4n) is 3.35. The molecule has 0 radical (unpaired) electrons. The van der Waals surface area contributed by atoms with Crippen LogP contribution in [0, 0.1) is 5.92 Å². The van der Waals surface area contributed by atoms with Gasteiger partial charge in [0.15, 0.2) is 5.01 Å². The van der Waals surface area contributed by atoms with Crippen molar-refractivity contribution in [3.8, 4) is 0 Å². The van der Waals surface area contributed by atoms with Crippen molar-refractivity contribution < 1.29 is 19.1 Å². The number of ketones is 1. The van der Waals surface area contributed by atoms with Crippen LogP contribution in [0.3, 0.4) is 0 Å². The van der Waals surface area contributed by atoms with Crippen LogP contribution in [0.15, 0.2) is 72.2 Å². The Balaban J connectivity index is 1.71. The molecule has 2 aromatic carbocycles. The van der Waals surface area contributed by atoms with Crippen LogP contribution in [0.4, 0.5) is 9.59 Å². The summed E-state index contributed by atoms with van der Waals surface area (Å²) in [5.41, 5.74) is 1.87. The van der Waals surface area contributed by atoms with Crippen molar-refractivity contribution in [2.75, 3.05) is 6.54 Å². The molecule has 0 saturated carbocycles. The number of rotatable bonds is 10.